The Kier molecular flexibility index (Phi) is 4.23. The fraction of sp³-hybridized carbons (Fsp3) is 0. The number of hydrogen-bond acceptors (Lipinski definition) is 3. The molecule has 0 saturated heterocycles. The first-order valence-corrected chi connectivity index (χ1v) is 6.68. The van der Waals surface area contributed by atoms with Gasteiger partial charge in [-0.2, -0.15) is 0 Å². The number of rotatable bonds is 3. The molecule has 2 aromatic carbocycles. The summed E-state index contributed by atoms with van der Waals surface area (Å²) in [6.07, 6.45) is 0. The number of halogens is 1. The molecule has 20 heavy (non-hydrogen) atoms. The molecule has 1 amide bonds. The van der Waals surface area contributed by atoms with Gasteiger partial charge in [0.2, 0.25) is 0 Å². The van der Waals surface area contributed by atoms with Crippen molar-refractivity contribution >= 4 is 40.2 Å². The summed E-state index contributed by atoms with van der Waals surface area (Å²) in [5, 5.41) is 20.9. The van der Waals surface area contributed by atoms with Gasteiger partial charge in [-0.15, -0.1) is 0 Å². The molecule has 0 aliphatic carbocycles. The van der Waals surface area contributed by atoms with Gasteiger partial charge in [0, 0.05) is 14.8 Å². The van der Waals surface area contributed by atoms with Crippen molar-refractivity contribution in [3.05, 3.63) is 57.2 Å². The first-order valence-electron chi connectivity index (χ1n) is 5.60. The Bertz CT molecular complexity index is 685. The molecule has 2 aromatic rings. The van der Waals surface area contributed by atoms with E-state index in [1.807, 2.05) is 6.07 Å². The third-order valence-corrected chi connectivity index (χ3v) is 3.24. The van der Waals surface area contributed by atoms with Crippen LogP contribution in [0.25, 0.3) is 0 Å². The molecular formula is C14H10INO4. The maximum atomic E-state index is 12.0. The lowest BCUT2D eigenvalue weighted by atomic mass is 10.1. The predicted molar refractivity (Wildman–Crippen MR) is 82.2 cm³/mol. The number of hydrogen-bond donors (Lipinski definition) is 3. The van der Waals surface area contributed by atoms with E-state index < -0.39 is 5.97 Å². The van der Waals surface area contributed by atoms with Gasteiger partial charge >= 0.3 is 5.97 Å². The van der Waals surface area contributed by atoms with Crippen LogP contribution >= 0.6 is 22.6 Å². The number of anilines is 1. The van der Waals surface area contributed by atoms with E-state index in [4.69, 9.17) is 5.11 Å². The second kappa shape index (κ2) is 5.91. The predicted octanol–water partition coefficient (Wildman–Crippen LogP) is 2.95. The van der Waals surface area contributed by atoms with Crippen molar-refractivity contribution in [3.8, 4) is 5.75 Å². The number of carboxylic acid groups (broad SMARTS) is 1. The van der Waals surface area contributed by atoms with Crippen LogP contribution in [0.1, 0.15) is 20.7 Å². The van der Waals surface area contributed by atoms with Crippen LogP contribution in [0, 0.1) is 3.57 Å². The maximum absolute atomic E-state index is 12.0. The van der Waals surface area contributed by atoms with Crippen molar-refractivity contribution in [2.45, 2.75) is 0 Å². The lowest BCUT2D eigenvalue weighted by Crippen LogP contribution is -2.12. The number of nitrogens with one attached hydrogen (secondary N) is 1. The second-order valence-electron chi connectivity index (χ2n) is 4.00. The highest BCUT2D eigenvalue weighted by molar-refractivity contribution is 14.1. The summed E-state index contributed by atoms with van der Waals surface area (Å²) in [5.41, 5.74) is 0.524. The molecule has 0 heterocycles. The van der Waals surface area contributed by atoms with Gasteiger partial charge in [0.15, 0.2) is 0 Å². The van der Waals surface area contributed by atoms with E-state index in [0.29, 0.717) is 11.3 Å². The highest BCUT2D eigenvalue weighted by atomic mass is 127. The van der Waals surface area contributed by atoms with Gasteiger partial charge in [0.25, 0.3) is 5.91 Å². The second-order valence-corrected chi connectivity index (χ2v) is 5.25. The number of benzene rings is 2. The zero-order valence-corrected chi connectivity index (χ0v) is 12.3. The third kappa shape index (κ3) is 3.27. The molecule has 102 valence electrons. The van der Waals surface area contributed by atoms with E-state index in [1.165, 1.54) is 18.2 Å². The number of carbonyl (C=O) groups excluding carboxylic acids is 1. The zero-order chi connectivity index (χ0) is 14.7. The van der Waals surface area contributed by atoms with Crippen molar-refractivity contribution in [2.75, 3.05) is 5.32 Å². The number of amides is 1. The molecule has 6 heteroatoms. The Labute approximate surface area is 128 Å². The van der Waals surface area contributed by atoms with E-state index in [2.05, 4.69) is 27.9 Å². The number of carboxylic acids is 1. The molecule has 0 atom stereocenters. The first kappa shape index (κ1) is 14.3. The van der Waals surface area contributed by atoms with Crippen molar-refractivity contribution in [1.29, 1.82) is 0 Å². The van der Waals surface area contributed by atoms with Crippen LogP contribution in [0.5, 0.6) is 5.75 Å². The van der Waals surface area contributed by atoms with Gasteiger partial charge < -0.3 is 15.5 Å². The van der Waals surface area contributed by atoms with Gasteiger partial charge in [0.1, 0.15) is 11.3 Å². The van der Waals surface area contributed by atoms with E-state index >= 15 is 0 Å². The van der Waals surface area contributed by atoms with Gasteiger partial charge in [0.05, 0.1) is 0 Å². The number of aromatic carboxylic acids is 1. The number of carbonyl (C=O) groups is 2. The molecule has 0 aliphatic rings. The third-order valence-electron chi connectivity index (χ3n) is 2.57. The standard InChI is InChI=1S/C14H10INO4/c15-9-3-1-2-8(6-9)13(18)16-10-4-5-12(17)11(7-10)14(19)20/h1-7,17H,(H,16,18)(H,19,20). The summed E-state index contributed by atoms with van der Waals surface area (Å²) in [6.45, 7) is 0. The molecule has 3 N–H and O–H groups in total. The smallest absolute Gasteiger partial charge is 0.339 e. The number of phenols is 1. The van der Waals surface area contributed by atoms with Crippen LogP contribution in [0.15, 0.2) is 42.5 Å². The Morgan fingerprint density at radius 3 is 2.50 bits per heavy atom. The van der Waals surface area contributed by atoms with Crippen LogP contribution in [0.3, 0.4) is 0 Å². The summed E-state index contributed by atoms with van der Waals surface area (Å²) >= 11 is 2.10. The summed E-state index contributed by atoms with van der Waals surface area (Å²) in [5.74, 6) is -1.94. The highest BCUT2D eigenvalue weighted by Crippen LogP contribution is 2.22. The Morgan fingerprint density at radius 1 is 1.10 bits per heavy atom. The molecule has 5 nitrogen and oxygen atoms in total. The largest absolute Gasteiger partial charge is 0.507 e. The minimum absolute atomic E-state index is 0.259. The van der Waals surface area contributed by atoms with Crippen LogP contribution in [0.2, 0.25) is 0 Å². The average Bonchev–Trinajstić information content (AvgIpc) is 2.40. The van der Waals surface area contributed by atoms with Crippen molar-refractivity contribution in [3.63, 3.8) is 0 Å². The molecule has 0 aliphatic heterocycles. The van der Waals surface area contributed by atoms with E-state index in [1.54, 1.807) is 18.2 Å². The molecule has 0 unspecified atom stereocenters. The molecule has 0 saturated carbocycles. The molecule has 0 spiro atoms. The fourth-order valence-electron chi connectivity index (χ4n) is 1.62. The molecule has 0 bridgehead atoms. The average molecular weight is 383 g/mol. The quantitative estimate of drug-likeness (QED) is 0.562. The SMILES string of the molecule is O=C(Nc1ccc(O)c(C(=O)O)c1)c1cccc(I)c1. The summed E-state index contributed by atoms with van der Waals surface area (Å²) in [7, 11) is 0. The Morgan fingerprint density at radius 2 is 1.85 bits per heavy atom. The van der Waals surface area contributed by atoms with E-state index in [9.17, 15) is 14.7 Å². The summed E-state index contributed by atoms with van der Waals surface area (Å²) in [6, 6.07) is 10.9. The Balaban J connectivity index is 2.24. The Hall–Kier alpha value is -2.09. The first-order chi connectivity index (χ1) is 9.47. The summed E-state index contributed by atoms with van der Waals surface area (Å²) < 4.78 is 0.923. The van der Waals surface area contributed by atoms with Crippen LogP contribution < -0.4 is 5.32 Å². The highest BCUT2D eigenvalue weighted by Gasteiger charge is 2.12. The zero-order valence-electron chi connectivity index (χ0n) is 10.1. The fourth-order valence-corrected chi connectivity index (χ4v) is 2.16. The van der Waals surface area contributed by atoms with Crippen LogP contribution in [-0.2, 0) is 0 Å². The minimum atomic E-state index is -1.26. The molecule has 0 radical (unpaired) electrons. The maximum Gasteiger partial charge on any atom is 0.339 e. The summed E-state index contributed by atoms with van der Waals surface area (Å²) in [4.78, 5) is 22.9. The van der Waals surface area contributed by atoms with Gasteiger partial charge in [-0.25, -0.2) is 4.79 Å². The monoisotopic (exact) mass is 383 g/mol. The lowest BCUT2D eigenvalue weighted by molar-refractivity contribution is 0.0693. The molecule has 2 rings (SSSR count). The number of aromatic hydroxyl groups is 1. The molecular weight excluding hydrogens is 373 g/mol. The minimum Gasteiger partial charge on any atom is -0.507 e. The van der Waals surface area contributed by atoms with Gasteiger partial charge in [-0.3, -0.25) is 4.79 Å². The molecule has 0 aromatic heterocycles. The molecule has 0 fully saturated rings. The van der Waals surface area contributed by atoms with E-state index in [0.717, 1.165) is 3.57 Å². The van der Waals surface area contributed by atoms with Gasteiger partial charge in [-0.05, 0) is 59.0 Å². The van der Waals surface area contributed by atoms with Crippen LogP contribution in [0.4, 0.5) is 5.69 Å². The van der Waals surface area contributed by atoms with Crippen LogP contribution in [-0.4, -0.2) is 22.1 Å². The van der Waals surface area contributed by atoms with Crippen molar-refractivity contribution in [2.24, 2.45) is 0 Å². The topological polar surface area (TPSA) is 86.6 Å². The van der Waals surface area contributed by atoms with Crippen molar-refractivity contribution in [1.82, 2.24) is 0 Å². The lowest BCUT2D eigenvalue weighted by Gasteiger charge is -2.07. The van der Waals surface area contributed by atoms with Gasteiger partial charge in [-0.1, -0.05) is 6.07 Å². The van der Waals surface area contributed by atoms with E-state index in [-0.39, 0.29) is 17.2 Å². The normalized spacial score (nSPS) is 10.1. The van der Waals surface area contributed by atoms with Crippen molar-refractivity contribution < 1.29 is 19.8 Å².